The maximum absolute atomic E-state index is 13.6. The molecule has 1 aromatic carbocycles. The second-order valence-corrected chi connectivity index (χ2v) is 6.89. The molecule has 0 amide bonds. The van der Waals surface area contributed by atoms with E-state index in [1.165, 1.54) is 0 Å². The van der Waals surface area contributed by atoms with E-state index in [2.05, 4.69) is 20.8 Å². The van der Waals surface area contributed by atoms with Crippen LogP contribution in [0.3, 0.4) is 0 Å². The third-order valence-corrected chi connectivity index (χ3v) is 4.09. The number of ether oxygens (including phenoxy) is 2. The van der Waals surface area contributed by atoms with Gasteiger partial charge in [-0.05, 0) is 26.0 Å². The number of aliphatic hydroxyl groups excluding tert-OH is 1. The van der Waals surface area contributed by atoms with Crippen LogP contribution < -0.4 is 4.74 Å². The van der Waals surface area contributed by atoms with Crippen molar-refractivity contribution in [1.29, 1.82) is 0 Å². The van der Waals surface area contributed by atoms with E-state index in [-0.39, 0.29) is 12.1 Å². The topological polar surface area (TPSA) is 41.9 Å². The molecule has 0 aliphatic carbocycles. The Morgan fingerprint density at radius 2 is 2.05 bits per heavy atom. The van der Waals surface area contributed by atoms with Crippen LogP contribution >= 0.6 is 15.9 Å². The second-order valence-electron chi connectivity index (χ2n) is 5.97. The summed E-state index contributed by atoms with van der Waals surface area (Å²) in [5, 5.41) is 10.1. The van der Waals surface area contributed by atoms with E-state index in [1.807, 2.05) is 13.8 Å². The molecule has 2 rings (SSSR count). The molecule has 124 valence electrons. The lowest BCUT2D eigenvalue weighted by atomic mass is 10.0. The summed E-state index contributed by atoms with van der Waals surface area (Å²) < 4.78 is 38.1. The van der Waals surface area contributed by atoms with E-state index >= 15 is 0 Å². The normalized spacial score (nSPS) is 19.9. The Morgan fingerprint density at radius 3 is 2.64 bits per heavy atom. The molecule has 1 unspecified atom stereocenters. The lowest BCUT2D eigenvalue weighted by Crippen LogP contribution is -2.55. The molecule has 0 spiro atoms. The van der Waals surface area contributed by atoms with Gasteiger partial charge in [0, 0.05) is 23.1 Å². The lowest BCUT2D eigenvalue weighted by Gasteiger charge is -2.42. The minimum atomic E-state index is -0.847. The summed E-state index contributed by atoms with van der Waals surface area (Å²) in [4.78, 5) is 2.08. The number of aliphatic hydroxyl groups is 1. The maximum Gasteiger partial charge on any atom is 0.190 e. The predicted octanol–water partition coefficient (Wildman–Crippen LogP) is 2.58. The molecule has 1 aliphatic rings. The number of β-amino-alcohol motifs (C(OH)–C–C–N with tert-alkyl or cyclic N) is 1. The molecule has 4 nitrogen and oxygen atoms in total. The second kappa shape index (κ2) is 7.21. The van der Waals surface area contributed by atoms with Gasteiger partial charge in [-0.3, -0.25) is 4.90 Å². The van der Waals surface area contributed by atoms with Crippen molar-refractivity contribution in [2.75, 3.05) is 32.9 Å². The minimum Gasteiger partial charge on any atom is -0.485 e. The highest BCUT2D eigenvalue weighted by Gasteiger charge is 2.31. The van der Waals surface area contributed by atoms with Gasteiger partial charge in [-0.25, -0.2) is 8.78 Å². The maximum atomic E-state index is 13.6. The van der Waals surface area contributed by atoms with E-state index in [1.54, 1.807) is 0 Å². The zero-order valence-corrected chi connectivity index (χ0v) is 14.2. The van der Waals surface area contributed by atoms with Crippen LogP contribution in [0.5, 0.6) is 5.75 Å². The van der Waals surface area contributed by atoms with Crippen LogP contribution in [-0.2, 0) is 4.74 Å². The number of morpholine rings is 1. The van der Waals surface area contributed by atoms with Crippen molar-refractivity contribution in [3.05, 3.63) is 28.2 Å². The Labute approximate surface area is 137 Å². The molecule has 1 aliphatic heterocycles. The van der Waals surface area contributed by atoms with Crippen molar-refractivity contribution in [1.82, 2.24) is 4.90 Å². The molecule has 1 N–H and O–H groups in total. The first-order valence-corrected chi connectivity index (χ1v) is 7.87. The van der Waals surface area contributed by atoms with E-state index < -0.39 is 23.5 Å². The van der Waals surface area contributed by atoms with Crippen LogP contribution in [-0.4, -0.2) is 54.6 Å². The molecule has 22 heavy (non-hydrogen) atoms. The first kappa shape index (κ1) is 17.6. The average Bonchev–Trinajstić information content (AvgIpc) is 2.40. The van der Waals surface area contributed by atoms with Gasteiger partial charge in [-0.1, -0.05) is 15.9 Å². The molecule has 0 radical (unpaired) electrons. The SMILES string of the molecule is CC1(C)COCCN1CC(O)COc1c(F)cc(Br)cc1F. The van der Waals surface area contributed by atoms with Crippen molar-refractivity contribution < 1.29 is 23.4 Å². The van der Waals surface area contributed by atoms with Gasteiger partial charge in [0.05, 0.1) is 13.2 Å². The smallest absolute Gasteiger partial charge is 0.190 e. The zero-order chi connectivity index (χ0) is 16.3. The fraction of sp³-hybridized carbons (Fsp3) is 0.600. The van der Waals surface area contributed by atoms with Crippen LogP contribution in [0.2, 0.25) is 0 Å². The number of benzene rings is 1. The van der Waals surface area contributed by atoms with Crippen LogP contribution in [0.25, 0.3) is 0 Å². The van der Waals surface area contributed by atoms with Gasteiger partial charge >= 0.3 is 0 Å². The van der Waals surface area contributed by atoms with Gasteiger partial charge in [-0.15, -0.1) is 0 Å². The summed E-state index contributed by atoms with van der Waals surface area (Å²) in [7, 11) is 0. The molecule has 1 fully saturated rings. The first-order chi connectivity index (χ1) is 10.3. The number of nitrogens with zero attached hydrogens (tertiary/aromatic N) is 1. The van der Waals surface area contributed by atoms with Gasteiger partial charge in [0.1, 0.15) is 12.7 Å². The highest BCUT2D eigenvalue weighted by atomic mass is 79.9. The van der Waals surface area contributed by atoms with Crippen LogP contribution in [0.4, 0.5) is 8.78 Å². The fourth-order valence-electron chi connectivity index (χ4n) is 2.38. The standard InChI is InChI=1S/C15H20BrF2NO3/c1-15(2)9-21-4-3-19(15)7-11(20)8-22-14-12(17)5-10(16)6-13(14)18/h5-6,11,20H,3-4,7-9H2,1-2H3. The highest BCUT2D eigenvalue weighted by Crippen LogP contribution is 2.26. The summed E-state index contributed by atoms with van der Waals surface area (Å²) in [6, 6.07) is 2.24. The molecule has 1 heterocycles. The number of halogens is 3. The van der Waals surface area contributed by atoms with Crippen molar-refractivity contribution in [2.45, 2.75) is 25.5 Å². The van der Waals surface area contributed by atoms with Crippen LogP contribution in [0, 0.1) is 11.6 Å². The summed E-state index contributed by atoms with van der Waals surface area (Å²) in [6.07, 6.45) is -0.847. The van der Waals surface area contributed by atoms with Crippen LogP contribution in [0.15, 0.2) is 16.6 Å². The zero-order valence-electron chi connectivity index (χ0n) is 12.6. The van der Waals surface area contributed by atoms with Crippen molar-refractivity contribution >= 4 is 15.9 Å². The minimum absolute atomic E-state index is 0.178. The highest BCUT2D eigenvalue weighted by molar-refractivity contribution is 9.10. The summed E-state index contributed by atoms with van der Waals surface area (Å²) in [5.74, 6) is -2.07. The lowest BCUT2D eigenvalue weighted by molar-refractivity contribution is -0.0705. The Morgan fingerprint density at radius 1 is 1.41 bits per heavy atom. The Kier molecular flexibility index (Phi) is 5.76. The fourth-order valence-corrected chi connectivity index (χ4v) is 2.78. The van der Waals surface area contributed by atoms with Gasteiger partial charge in [0.15, 0.2) is 17.4 Å². The average molecular weight is 380 g/mol. The van der Waals surface area contributed by atoms with Crippen molar-refractivity contribution in [3.8, 4) is 5.75 Å². The Hall–Kier alpha value is -0.760. The van der Waals surface area contributed by atoms with Gasteiger partial charge in [0.2, 0.25) is 0 Å². The largest absolute Gasteiger partial charge is 0.485 e. The summed E-state index contributed by atoms with van der Waals surface area (Å²) in [6.45, 7) is 6.11. The van der Waals surface area contributed by atoms with Crippen LogP contribution in [0.1, 0.15) is 13.8 Å². The number of hydrogen-bond acceptors (Lipinski definition) is 4. The van der Waals surface area contributed by atoms with Gasteiger partial charge in [0.25, 0.3) is 0 Å². The molecule has 7 heteroatoms. The molecule has 1 atom stereocenters. The van der Waals surface area contributed by atoms with Gasteiger partial charge in [-0.2, -0.15) is 0 Å². The Balaban J connectivity index is 1.92. The van der Waals surface area contributed by atoms with E-state index in [0.717, 1.165) is 12.1 Å². The Bertz CT molecular complexity index is 505. The molecular weight excluding hydrogens is 360 g/mol. The molecule has 0 saturated carbocycles. The predicted molar refractivity (Wildman–Crippen MR) is 82.0 cm³/mol. The summed E-state index contributed by atoms with van der Waals surface area (Å²) >= 11 is 3.00. The molecular formula is C15H20BrF2NO3. The quantitative estimate of drug-likeness (QED) is 0.853. The number of hydrogen-bond donors (Lipinski definition) is 1. The third-order valence-electron chi connectivity index (χ3n) is 3.63. The monoisotopic (exact) mass is 379 g/mol. The molecule has 0 aromatic heterocycles. The van der Waals surface area contributed by atoms with E-state index in [0.29, 0.717) is 30.8 Å². The van der Waals surface area contributed by atoms with Gasteiger partial charge < -0.3 is 14.6 Å². The molecule has 1 saturated heterocycles. The van der Waals surface area contributed by atoms with E-state index in [9.17, 15) is 13.9 Å². The summed E-state index contributed by atoms with van der Waals surface area (Å²) in [5.41, 5.74) is -0.187. The van der Waals surface area contributed by atoms with Crippen molar-refractivity contribution in [3.63, 3.8) is 0 Å². The van der Waals surface area contributed by atoms with E-state index in [4.69, 9.17) is 9.47 Å². The number of rotatable bonds is 5. The third kappa shape index (κ3) is 4.38. The molecule has 1 aromatic rings. The first-order valence-electron chi connectivity index (χ1n) is 7.08. The molecule has 0 bridgehead atoms. The van der Waals surface area contributed by atoms with Crippen molar-refractivity contribution in [2.24, 2.45) is 0 Å².